The van der Waals surface area contributed by atoms with Gasteiger partial charge < -0.3 is 9.80 Å². The average Bonchev–Trinajstić information content (AvgIpc) is 2.95. The second-order valence-corrected chi connectivity index (χ2v) is 8.56. The summed E-state index contributed by atoms with van der Waals surface area (Å²) in [5, 5.41) is 0. The number of hydrogen-bond donors (Lipinski definition) is 0. The van der Waals surface area contributed by atoms with Crippen molar-refractivity contribution < 1.29 is 4.79 Å². The SMILES string of the molecule is CC(C)C1CC(N2CCN(C(=O)[C@@H]3CCN(C(C)C)C3)CC2)C1. The number of hydrogen-bond acceptors (Lipinski definition) is 3. The van der Waals surface area contributed by atoms with Gasteiger partial charge in [-0.3, -0.25) is 9.69 Å². The standard InChI is InChI=1S/C19H35N3O/c1-14(2)17-11-18(12-17)20-7-9-21(10-8-20)19(23)16-5-6-22(13-16)15(3)4/h14-18H,5-13H2,1-4H3/t16-,17?,18?/m1/s1. The summed E-state index contributed by atoms with van der Waals surface area (Å²) >= 11 is 0. The van der Waals surface area contributed by atoms with E-state index >= 15 is 0 Å². The molecular weight excluding hydrogens is 286 g/mol. The van der Waals surface area contributed by atoms with Crippen molar-refractivity contribution >= 4 is 5.91 Å². The first-order chi connectivity index (χ1) is 11.0. The number of carbonyl (C=O) groups is 1. The molecule has 0 aromatic rings. The Hall–Kier alpha value is -0.610. The zero-order chi connectivity index (χ0) is 16.6. The Morgan fingerprint density at radius 3 is 2.13 bits per heavy atom. The molecular formula is C19H35N3O. The summed E-state index contributed by atoms with van der Waals surface area (Å²) in [6.45, 7) is 15.3. The van der Waals surface area contributed by atoms with Gasteiger partial charge in [0.25, 0.3) is 0 Å². The molecule has 3 fully saturated rings. The van der Waals surface area contributed by atoms with Crippen LogP contribution in [0.4, 0.5) is 0 Å². The second kappa shape index (κ2) is 7.10. The molecule has 2 aliphatic heterocycles. The van der Waals surface area contributed by atoms with Gasteiger partial charge in [-0.05, 0) is 51.5 Å². The van der Waals surface area contributed by atoms with E-state index in [1.54, 1.807) is 0 Å². The number of carbonyl (C=O) groups excluding carboxylic acids is 1. The minimum Gasteiger partial charge on any atom is -0.340 e. The molecule has 0 radical (unpaired) electrons. The van der Waals surface area contributed by atoms with Crippen LogP contribution in [0.25, 0.3) is 0 Å². The Labute approximate surface area is 142 Å². The van der Waals surface area contributed by atoms with Crippen LogP contribution in [-0.4, -0.2) is 72.0 Å². The Bertz CT molecular complexity index is 409. The van der Waals surface area contributed by atoms with E-state index in [1.807, 2.05) is 0 Å². The van der Waals surface area contributed by atoms with Gasteiger partial charge in [-0.15, -0.1) is 0 Å². The molecule has 132 valence electrons. The summed E-state index contributed by atoms with van der Waals surface area (Å²) < 4.78 is 0. The fourth-order valence-electron chi connectivity index (χ4n) is 4.50. The lowest BCUT2D eigenvalue weighted by Gasteiger charge is -2.48. The van der Waals surface area contributed by atoms with Crippen LogP contribution < -0.4 is 0 Å². The van der Waals surface area contributed by atoms with E-state index in [0.717, 1.165) is 63.6 Å². The van der Waals surface area contributed by atoms with E-state index in [9.17, 15) is 4.79 Å². The van der Waals surface area contributed by atoms with E-state index in [1.165, 1.54) is 12.8 Å². The zero-order valence-corrected chi connectivity index (χ0v) is 15.5. The van der Waals surface area contributed by atoms with Crippen LogP contribution in [0, 0.1) is 17.8 Å². The van der Waals surface area contributed by atoms with Gasteiger partial charge in [-0.25, -0.2) is 0 Å². The van der Waals surface area contributed by atoms with E-state index in [0.29, 0.717) is 11.9 Å². The summed E-state index contributed by atoms with van der Waals surface area (Å²) in [6, 6.07) is 1.36. The van der Waals surface area contributed by atoms with E-state index in [4.69, 9.17) is 0 Å². The Morgan fingerprint density at radius 2 is 1.61 bits per heavy atom. The molecule has 2 saturated heterocycles. The van der Waals surface area contributed by atoms with Gasteiger partial charge in [0.1, 0.15) is 0 Å². The van der Waals surface area contributed by atoms with E-state index < -0.39 is 0 Å². The number of nitrogens with zero attached hydrogens (tertiary/aromatic N) is 3. The molecule has 4 heteroatoms. The molecule has 0 bridgehead atoms. The highest BCUT2D eigenvalue weighted by molar-refractivity contribution is 5.79. The number of piperazine rings is 1. The van der Waals surface area contributed by atoms with Crippen molar-refractivity contribution in [3.05, 3.63) is 0 Å². The molecule has 3 aliphatic rings. The molecule has 0 unspecified atom stereocenters. The number of likely N-dealkylation sites (tertiary alicyclic amines) is 1. The molecule has 4 nitrogen and oxygen atoms in total. The van der Waals surface area contributed by atoms with Gasteiger partial charge in [-0.1, -0.05) is 13.8 Å². The minimum atomic E-state index is 0.248. The fraction of sp³-hybridized carbons (Fsp3) is 0.947. The van der Waals surface area contributed by atoms with Crippen LogP contribution in [0.2, 0.25) is 0 Å². The molecule has 0 spiro atoms. The molecule has 2 heterocycles. The molecule has 23 heavy (non-hydrogen) atoms. The maximum absolute atomic E-state index is 12.8. The third-order valence-electron chi connectivity index (χ3n) is 6.53. The Balaban J connectivity index is 1.42. The van der Waals surface area contributed by atoms with Crippen LogP contribution in [0.1, 0.15) is 47.0 Å². The smallest absolute Gasteiger partial charge is 0.227 e. The topological polar surface area (TPSA) is 26.8 Å². The van der Waals surface area contributed by atoms with Crippen molar-refractivity contribution in [2.75, 3.05) is 39.3 Å². The molecule has 3 rings (SSSR count). The monoisotopic (exact) mass is 321 g/mol. The largest absolute Gasteiger partial charge is 0.340 e. The van der Waals surface area contributed by atoms with Crippen molar-refractivity contribution in [3.63, 3.8) is 0 Å². The lowest BCUT2D eigenvalue weighted by Crippen LogP contribution is -2.56. The zero-order valence-electron chi connectivity index (χ0n) is 15.5. The first-order valence-electron chi connectivity index (χ1n) is 9.72. The van der Waals surface area contributed by atoms with Crippen molar-refractivity contribution in [1.82, 2.24) is 14.7 Å². The molecule has 1 aliphatic carbocycles. The molecule has 0 N–H and O–H groups in total. The van der Waals surface area contributed by atoms with Gasteiger partial charge in [-0.2, -0.15) is 0 Å². The predicted octanol–water partition coefficient (Wildman–Crippen LogP) is 2.30. The third-order valence-corrected chi connectivity index (χ3v) is 6.53. The van der Waals surface area contributed by atoms with Crippen LogP contribution in [0.5, 0.6) is 0 Å². The number of amides is 1. The molecule has 1 amide bonds. The van der Waals surface area contributed by atoms with E-state index in [2.05, 4.69) is 42.4 Å². The predicted molar refractivity (Wildman–Crippen MR) is 94.3 cm³/mol. The lowest BCUT2D eigenvalue weighted by atomic mass is 9.73. The minimum absolute atomic E-state index is 0.248. The van der Waals surface area contributed by atoms with Gasteiger partial charge in [0.15, 0.2) is 0 Å². The first-order valence-corrected chi connectivity index (χ1v) is 9.72. The van der Waals surface area contributed by atoms with Crippen molar-refractivity contribution in [2.24, 2.45) is 17.8 Å². The average molecular weight is 322 g/mol. The van der Waals surface area contributed by atoms with Crippen LogP contribution in [-0.2, 0) is 4.79 Å². The molecule has 0 aromatic carbocycles. The van der Waals surface area contributed by atoms with Gasteiger partial charge in [0.2, 0.25) is 5.91 Å². The Kier molecular flexibility index (Phi) is 5.32. The van der Waals surface area contributed by atoms with Crippen molar-refractivity contribution in [1.29, 1.82) is 0 Å². The van der Waals surface area contributed by atoms with Crippen LogP contribution in [0.15, 0.2) is 0 Å². The van der Waals surface area contributed by atoms with Crippen molar-refractivity contribution in [2.45, 2.75) is 59.0 Å². The Morgan fingerprint density at radius 1 is 0.957 bits per heavy atom. The number of rotatable bonds is 4. The maximum atomic E-state index is 12.8. The fourth-order valence-corrected chi connectivity index (χ4v) is 4.50. The van der Waals surface area contributed by atoms with Gasteiger partial charge in [0, 0.05) is 44.8 Å². The van der Waals surface area contributed by atoms with E-state index in [-0.39, 0.29) is 5.92 Å². The normalized spacial score (nSPS) is 33.5. The summed E-state index contributed by atoms with van der Waals surface area (Å²) in [4.78, 5) is 20.0. The quantitative estimate of drug-likeness (QED) is 0.795. The first kappa shape index (κ1) is 17.2. The molecule has 0 aromatic heterocycles. The third kappa shape index (κ3) is 3.74. The summed E-state index contributed by atoms with van der Waals surface area (Å²) in [5.41, 5.74) is 0. The summed E-state index contributed by atoms with van der Waals surface area (Å²) in [7, 11) is 0. The summed E-state index contributed by atoms with van der Waals surface area (Å²) in [5.74, 6) is 2.43. The highest BCUT2D eigenvalue weighted by atomic mass is 16.2. The maximum Gasteiger partial charge on any atom is 0.227 e. The van der Waals surface area contributed by atoms with Gasteiger partial charge >= 0.3 is 0 Å². The second-order valence-electron chi connectivity index (χ2n) is 8.56. The van der Waals surface area contributed by atoms with Crippen LogP contribution >= 0.6 is 0 Å². The molecule has 1 saturated carbocycles. The summed E-state index contributed by atoms with van der Waals surface area (Å²) in [6.07, 6.45) is 3.80. The highest BCUT2D eigenvalue weighted by Gasteiger charge is 2.38. The van der Waals surface area contributed by atoms with Crippen LogP contribution in [0.3, 0.4) is 0 Å². The molecule has 1 atom stereocenters. The van der Waals surface area contributed by atoms with Gasteiger partial charge in [0.05, 0.1) is 5.92 Å². The lowest BCUT2D eigenvalue weighted by molar-refractivity contribution is -0.137. The van der Waals surface area contributed by atoms with Crippen molar-refractivity contribution in [3.8, 4) is 0 Å². The highest BCUT2D eigenvalue weighted by Crippen LogP contribution is 2.37.